The third-order valence-electron chi connectivity index (χ3n) is 4.31. The van der Waals surface area contributed by atoms with Gasteiger partial charge in [-0.15, -0.1) is 0 Å². The first-order valence-electron chi connectivity index (χ1n) is 8.73. The topological polar surface area (TPSA) is 84.9 Å². The summed E-state index contributed by atoms with van der Waals surface area (Å²) in [4.78, 5) is 12.8. The van der Waals surface area contributed by atoms with Gasteiger partial charge in [-0.1, -0.05) is 0 Å². The molecule has 0 spiro atoms. The van der Waals surface area contributed by atoms with Gasteiger partial charge in [0.1, 0.15) is 12.4 Å². The molecule has 2 aromatic carbocycles. The van der Waals surface area contributed by atoms with Crippen molar-refractivity contribution in [1.82, 2.24) is 4.31 Å². The van der Waals surface area contributed by atoms with E-state index >= 15 is 0 Å². The van der Waals surface area contributed by atoms with Crippen molar-refractivity contribution in [3.05, 3.63) is 53.1 Å². The molecule has 0 bridgehead atoms. The van der Waals surface area contributed by atoms with E-state index in [1.807, 2.05) is 0 Å². The van der Waals surface area contributed by atoms with Crippen LogP contribution in [0.1, 0.15) is 21.5 Å². The van der Waals surface area contributed by atoms with Crippen molar-refractivity contribution >= 4 is 21.6 Å². The average Bonchev–Trinajstić information content (AvgIpc) is 2.65. The number of nitrogens with one attached hydrogen (secondary N) is 1. The summed E-state index contributed by atoms with van der Waals surface area (Å²) in [5, 5.41) is 2.78. The van der Waals surface area contributed by atoms with Gasteiger partial charge in [-0.3, -0.25) is 4.79 Å². The van der Waals surface area contributed by atoms with Crippen molar-refractivity contribution in [2.45, 2.75) is 18.7 Å². The normalized spacial score (nSPS) is 11.5. The van der Waals surface area contributed by atoms with Gasteiger partial charge < -0.3 is 14.8 Å². The van der Waals surface area contributed by atoms with Crippen molar-refractivity contribution in [2.24, 2.45) is 0 Å². The van der Waals surface area contributed by atoms with Crippen LogP contribution in [0.2, 0.25) is 0 Å². The third-order valence-corrected chi connectivity index (χ3v) is 6.25. The molecule has 0 aromatic heterocycles. The second-order valence-corrected chi connectivity index (χ2v) is 8.64. The molecule has 0 unspecified atom stereocenters. The summed E-state index contributed by atoms with van der Waals surface area (Å²) in [7, 11) is 0.883. The molecule has 7 nitrogen and oxygen atoms in total. The molecule has 8 heteroatoms. The molecule has 2 rings (SSSR count). The van der Waals surface area contributed by atoms with Crippen LogP contribution in [-0.4, -0.2) is 53.0 Å². The van der Waals surface area contributed by atoms with E-state index in [9.17, 15) is 13.2 Å². The highest BCUT2D eigenvalue weighted by atomic mass is 32.2. The van der Waals surface area contributed by atoms with Crippen molar-refractivity contribution in [3.63, 3.8) is 0 Å². The van der Waals surface area contributed by atoms with Gasteiger partial charge in [0.25, 0.3) is 5.91 Å². The fourth-order valence-electron chi connectivity index (χ4n) is 2.50. The lowest BCUT2D eigenvalue weighted by molar-refractivity contribution is 0.102. The molecule has 152 valence electrons. The minimum atomic E-state index is -3.65. The quantitative estimate of drug-likeness (QED) is 0.682. The standard InChI is InChI=1S/C20H26N2O5S/c1-14-12-16(13-19(15(14)2)28(24,25)22(3)4)20(23)21-17-6-8-18(9-7-17)27-11-10-26-5/h6-9,12-13H,10-11H2,1-5H3,(H,21,23). The molecule has 0 aliphatic heterocycles. The minimum absolute atomic E-state index is 0.129. The number of aryl methyl sites for hydroxylation is 1. The van der Waals surface area contributed by atoms with E-state index in [1.165, 1.54) is 20.2 Å². The first kappa shape index (κ1) is 21.9. The van der Waals surface area contributed by atoms with E-state index in [-0.39, 0.29) is 16.4 Å². The highest BCUT2D eigenvalue weighted by molar-refractivity contribution is 7.89. The smallest absolute Gasteiger partial charge is 0.255 e. The van der Waals surface area contributed by atoms with Gasteiger partial charge >= 0.3 is 0 Å². The van der Waals surface area contributed by atoms with Gasteiger partial charge in [-0.2, -0.15) is 0 Å². The summed E-state index contributed by atoms with van der Waals surface area (Å²) < 4.78 is 36.7. The number of anilines is 1. The van der Waals surface area contributed by atoms with E-state index in [1.54, 1.807) is 51.3 Å². The van der Waals surface area contributed by atoms with Crippen LogP contribution in [0.25, 0.3) is 0 Å². The number of sulfonamides is 1. The van der Waals surface area contributed by atoms with Gasteiger partial charge in [0, 0.05) is 32.5 Å². The predicted molar refractivity (Wildman–Crippen MR) is 109 cm³/mol. The Hall–Kier alpha value is -2.42. The van der Waals surface area contributed by atoms with Gasteiger partial charge in [0.05, 0.1) is 11.5 Å². The number of nitrogens with zero attached hydrogens (tertiary/aromatic N) is 1. The first-order chi connectivity index (χ1) is 13.2. The Morgan fingerprint density at radius 3 is 2.29 bits per heavy atom. The lowest BCUT2D eigenvalue weighted by Crippen LogP contribution is -2.24. The zero-order valence-electron chi connectivity index (χ0n) is 16.8. The Labute approximate surface area is 166 Å². The minimum Gasteiger partial charge on any atom is -0.491 e. The molecule has 0 atom stereocenters. The van der Waals surface area contributed by atoms with Gasteiger partial charge in [0.15, 0.2) is 0 Å². The SMILES string of the molecule is COCCOc1ccc(NC(=O)c2cc(C)c(C)c(S(=O)(=O)N(C)C)c2)cc1. The maximum Gasteiger partial charge on any atom is 0.255 e. The van der Waals surface area contributed by atoms with Crippen LogP contribution in [0.4, 0.5) is 5.69 Å². The molecule has 1 amide bonds. The molecule has 0 heterocycles. The summed E-state index contributed by atoms with van der Waals surface area (Å²) >= 11 is 0. The monoisotopic (exact) mass is 406 g/mol. The predicted octanol–water partition coefficient (Wildman–Crippen LogP) is 2.83. The van der Waals surface area contributed by atoms with Gasteiger partial charge in [0.2, 0.25) is 10.0 Å². The molecule has 0 radical (unpaired) electrons. The second-order valence-electron chi connectivity index (χ2n) is 6.52. The zero-order valence-corrected chi connectivity index (χ0v) is 17.6. The lowest BCUT2D eigenvalue weighted by atomic mass is 10.1. The van der Waals surface area contributed by atoms with E-state index in [0.717, 1.165) is 9.87 Å². The number of benzene rings is 2. The molecule has 0 fully saturated rings. The third kappa shape index (κ3) is 5.09. The Kier molecular flexibility index (Phi) is 7.17. The van der Waals surface area contributed by atoms with Crippen LogP contribution < -0.4 is 10.1 Å². The Morgan fingerprint density at radius 2 is 1.71 bits per heavy atom. The van der Waals surface area contributed by atoms with E-state index in [2.05, 4.69) is 5.32 Å². The summed E-state index contributed by atoms with van der Waals surface area (Å²) in [6.07, 6.45) is 0. The summed E-state index contributed by atoms with van der Waals surface area (Å²) in [6, 6.07) is 10.0. The molecule has 0 aliphatic rings. The molecule has 0 saturated heterocycles. The maximum atomic E-state index is 12.7. The molecular formula is C20H26N2O5S. The van der Waals surface area contributed by atoms with Crippen LogP contribution in [0.5, 0.6) is 5.75 Å². The van der Waals surface area contributed by atoms with Gasteiger partial charge in [-0.05, 0) is 61.4 Å². The number of carbonyl (C=O) groups excluding carboxylic acids is 1. The first-order valence-corrected chi connectivity index (χ1v) is 10.2. The Morgan fingerprint density at radius 1 is 1.07 bits per heavy atom. The number of hydrogen-bond donors (Lipinski definition) is 1. The van der Waals surface area contributed by atoms with Crippen LogP contribution in [0, 0.1) is 13.8 Å². The molecule has 0 saturated carbocycles. The Bertz CT molecular complexity index is 938. The second kappa shape index (κ2) is 9.18. The lowest BCUT2D eigenvalue weighted by Gasteiger charge is -2.16. The van der Waals surface area contributed by atoms with Crippen LogP contribution in [-0.2, 0) is 14.8 Å². The molecule has 2 aromatic rings. The van der Waals surface area contributed by atoms with Gasteiger partial charge in [-0.25, -0.2) is 12.7 Å². The Balaban J connectivity index is 2.22. The number of methoxy groups -OCH3 is 1. The summed E-state index contributed by atoms with van der Waals surface area (Å²) in [5.74, 6) is 0.284. The van der Waals surface area contributed by atoms with E-state index in [4.69, 9.17) is 9.47 Å². The van der Waals surface area contributed by atoms with E-state index in [0.29, 0.717) is 30.2 Å². The molecule has 0 aliphatic carbocycles. The summed E-state index contributed by atoms with van der Waals surface area (Å²) in [5.41, 5.74) is 2.22. The van der Waals surface area contributed by atoms with Crippen LogP contribution >= 0.6 is 0 Å². The maximum absolute atomic E-state index is 12.7. The molecule has 1 N–H and O–H groups in total. The van der Waals surface area contributed by atoms with Crippen molar-refractivity contribution in [2.75, 3.05) is 39.7 Å². The number of ether oxygens (including phenoxy) is 2. The highest BCUT2D eigenvalue weighted by Gasteiger charge is 2.23. The molecule has 28 heavy (non-hydrogen) atoms. The summed E-state index contributed by atoms with van der Waals surface area (Å²) in [6.45, 7) is 4.44. The number of amides is 1. The van der Waals surface area contributed by atoms with Crippen molar-refractivity contribution in [3.8, 4) is 5.75 Å². The van der Waals surface area contributed by atoms with Crippen molar-refractivity contribution < 1.29 is 22.7 Å². The number of hydrogen-bond acceptors (Lipinski definition) is 5. The largest absolute Gasteiger partial charge is 0.491 e. The van der Waals surface area contributed by atoms with Crippen LogP contribution in [0.15, 0.2) is 41.3 Å². The number of rotatable bonds is 8. The number of carbonyl (C=O) groups is 1. The fraction of sp³-hybridized carbons (Fsp3) is 0.350. The van der Waals surface area contributed by atoms with E-state index < -0.39 is 10.0 Å². The fourth-order valence-corrected chi connectivity index (χ4v) is 3.72. The molecular weight excluding hydrogens is 380 g/mol. The van der Waals surface area contributed by atoms with Crippen molar-refractivity contribution in [1.29, 1.82) is 0 Å². The highest BCUT2D eigenvalue weighted by Crippen LogP contribution is 2.24. The average molecular weight is 407 g/mol. The van der Waals surface area contributed by atoms with Crippen LogP contribution in [0.3, 0.4) is 0 Å². The zero-order chi connectivity index (χ0) is 20.9.